The van der Waals surface area contributed by atoms with E-state index in [0.717, 1.165) is 31.4 Å². The first kappa shape index (κ1) is 15.0. The van der Waals surface area contributed by atoms with Gasteiger partial charge in [-0.1, -0.05) is 0 Å². The van der Waals surface area contributed by atoms with Gasteiger partial charge in [-0.15, -0.1) is 0 Å². The van der Waals surface area contributed by atoms with Crippen molar-refractivity contribution in [1.82, 2.24) is 5.32 Å². The van der Waals surface area contributed by atoms with E-state index in [0.29, 0.717) is 22.4 Å². The fraction of sp³-hybridized carbons (Fsp3) is 0.375. The molecule has 4 rings (SSSR count). The Morgan fingerprint density at radius 3 is 2.57 bits per heavy atom. The van der Waals surface area contributed by atoms with E-state index in [2.05, 4.69) is 5.32 Å². The molecule has 3 nitrogen and oxygen atoms in total. The van der Waals surface area contributed by atoms with Gasteiger partial charge in [-0.2, -0.15) is 13.2 Å². The van der Waals surface area contributed by atoms with Crippen molar-refractivity contribution in [3.05, 3.63) is 30.2 Å². The van der Waals surface area contributed by atoms with Crippen molar-refractivity contribution in [3.63, 3.8) is 0 Å². The number of thioether (sulfide) groups is 1. The molecule has 1 saturated heterocycles. The van der Waals surface area contributed by atoms with Gasteiger partial charge < -0.3 is 14.2 Å². The fourth-order valence-electron chi connectivity index (χ4n) is 3.29. The zero-order chi connectivity index (χ0) is 16.0. The number of nitrogens with one attached hydrogen (secondary N) is 1. The second-order valence-corrected chi connectivity index (χ2v) is 6.75. The number of benzene rings is 1. The zero-order valence-electron chi connectivity index (χ0n) is 12.1. The van der Waals surface area contributed by atoms with Crippen LogP contribution in [0.3, 0.4) is 0 Å². The first-order chi connectivity index (χ1) is 11.0. The Labute approximate surface area is 134 Å². The maximum absolute atomic E-state index is 12.9. The molecular weight excluding hydrogens is 327 g/mol. The molecule has 0 spiro atoms. The van der Waals surface area contributed by atoms with Crippen LogP contribution in [0.2, 0.25) is 0 Å². The highest BCUT2D eigenvalue weighted by Gasteiger charge is 2.33. The Bertz CT molecular complexity index is 794. The van der Waals surface area contributed by atoms with E-state index in [1.54, 1.807) is 12.1 Å². The summed E-state index contributed by atoms with van der Waals surface area (Å²) in [6.45, 7) is 0.975. The Kier molecular flexibility index (Phi) is 3.57. The smallest absolute Gasteiger partial charge is 0.446 e. The molecule has 1 atom stereocenters. The van der Waals surface area contributed by atoms with Crippen molar-refractivity contribution in [2.24, 2.45) is 0 Å². The van der Waals surface area contributed by atoms with Gasteiger partial charge >= 0.3 is 5.51 Å². The highest BCUT2D eigenvalue weighted by Crippen LogP contribution is 2.46. The van der Waals surface area contributed by atoms with Crippen LogP contribution in [0, 0.1) is 0 Å². The molecular formula is C16H14F3NO2S. The molecule has 23 heavy (non-hydrogen) atoms. The molecule has 1 aliphatic rings. The summed E-state index contributed by atoms with van der Waals surface area (Å²) in [6, 6.07) is 3.63. The average Bonchev–Trinajstić information content (AvgIpc) is 3.20. The van der Waals surface area contributed by atoms with E-state index < -0.39 is 5.51 Å². The van der Waals surface area contributed by atoms with Crippen LogP contribution in [0.4, 0.5) is 13.2 Å². The predicted octanol–water partition coefficient (Wildman–Crippen LogP) is 5.09. The van der Waals surface area contributed by atoms with Crippen molar-refractivity contribution in [2.45, 2.75) is 35.7 Å². The van der Waals surface area contributed by atoms with Gasteiger partial charge in [0.25, 0.3) is 0 Å². The summed E-state index contributed by atoms with van der Waals surface area (Å²) < 4.78 is 49.7. The molecule has 1 aliphatic heterocycles. The highest BCUT2D eigenvalue weighted by atomic mass is 32.2. The molecule has 0 amide bonds. The Morgan fingerprint density at radius 1 is 1.13 bits per heavy atom. The van der Waals surface area contributed by atoms with E-state index in [-0.39, 0.29) is 22.2 Å². The maximum Gasteiger partial charge on any atom is 0.446 e. The number of fused-ring (bicyclic) bond motifs is 2. The van der Waals surface area contributed by atoms with E-state index in [1.807, 2.05) is 0 Å². The molecule has 7 heteroatoms. The van der Waals surface area contributed by atoms with Gasteiger partial charge in [-0.3, -0.25) is 0 Å². The van der Waals surface area contributed by atoms with Crippen LogP contribution in [0.1, 0.15) is 18.4 Å². The van der Waals surface area contributed by atoms with Gasteiger partial charge in [0.1, 0.15) is 11.2 Å². The summed E-state index contributed by atoms with van der Waals surface area (Å²) in [5.41, 5.74) is -2.65. The molecule has 122 valence electrons. The highest BCUT2D eigenvalue weighted by molar-refractivity contribution is 8.00. The van der Waals surface area contributed by atoms with Gasteiger partial charge in [0.2, 0.25) is 0 Å². The number of alkyl halides is 3. The second kappa shape index (κ2) is 5.49. The summed E-state index contributed by atoms with van der Waals surface area (Å²) in [6.07, 6.45) is 5.77. The number of furan rings is 2. The lowest BCUT2D eigenvalue weighted by Gasteiger charge is -2.14. The molecule has 2 aromatic heterocycles. The molecule has 0 bridgehead atoms. The monoisotopic (exact) mass is 341 g/mol. The summed E-state index contributed by atoms with van der Waals surface area (Å²) in [5, 5.41) is 4.58. The van der Waals surface area contributed by atoms with Crippen LogP contribution in [-0.2, 0) is 6.42 Å². The standard InChI is InChI=1S/C16H14F3NO2S/c17-16(18,19)23-15-11-4-7-21-13(11)12(8-9-2-1-5-20-9)10-3-6-22-14(10)15/h3-4,6-7,9,20H,1-2,5,8H2. The zero-order valence-corrected chi connectivity index (χ0v) is 12.9. The Hall–Kier alpha value is -1.60. The molecule has 0 radical (unpaired) electrons. The fourth-order valence-corrected chi connectivity index (χ4v) is 4.04. The van der Waals surface area contributed by atoms with Gasteiger partial charge in [-0.05, 0) is 49.7 Å². The molecule has 1 aromatic carbocycles. The maximum atomic E-state index is 12.9. The second-order valence-electron chi connectivity index (χ2n) is 5.68. The summed E-state index contributed by atoms with van der Waals surface area (Å²) in [4.78, 5) is 0.0735. The van der Waals surface area contributed by atoms with Crippen molar-refractivity contribution >= 4 is 33.7 Å². The third kappa shape index (κ3) is 2.72. The number of hydrogen-bond acceptors (Lipinski definition) is 4. The predicted molar refractivity (Wildman–Crippen MR) is 82.6 cm³/mol. The van der Waals surface area contributed by atoms with Gasteiger partial charge in [-0.25, -0.2) is 0 Å². The van der Waals surface area contributed by atoms with Crippen LogP contribution in [0.15, 0.2) is 38.4 Å². The summed E-state index contributed by atoms with van der Waals surface area (Å²) >= 11 is -0.149. The number of halogens is 3. The minimum Gasteiger partial charge on any atom is -0.464 e. The van der Waals surface area contributed by atoms with E-state index in [4.69, 9.17) is 8.83 Å². The van der Waals surface area contributed by atoms with Crippen molar-refractivity contribution in [2.75, 3.05) is 6.54 Å². The molecule has 1 unspecified atom stereocenters. The van der Waals surface area contributed by atoms with Crippen LogP contribution < -0.4 is 5.32 Å². The molecule has 1 fully saturated rings. The first-order valence-electron chi connectivity index (χ1n) is 7.41. The van der Waals surface area contributed by atoms with E-state index in [1.165, 1.54) is 12.5 Å². The summed E-state index contributed by atoms with van der Waals surface area (Å²) in [5.74, 6) is 0. The van der Waals surface area contributed by atoms with Crippen molar-refractivity contribution in [3.8, 4) is 0 Å². The lowest BCUT2D eigenvalue weighted by atomic mass is 9.99. The SMILES string of the molecule is FC(F)(F)Sc1c2ccoc2c(CC2CCCN2)c2ccoc12. The lowest BCUT2D eigenvalue weighted by Crippen LogP contribution is -2.23. The van der Waals surface area contributed by atoms with Gasteiger partial charge in [0.15, 0.2) is 0 Å². The van der Waals surface area contributed by atoms with Crippen molar-refractivity contribution < 1.29 is 22.0 Å². The third-order valence-corrected chi connectivity index (χ3v) is 5.05. The first-order valence-corrected chi connectivity index (χ1v) is 8.23. The average molecular weight is 341 g/mol. The topological polar surface area (TPSA) is 38.3 Å². The molecule has 1 N–H and O–H groups in total. The van der Waals surface area contributed by atoms with Gasteiger partial charge in [0.05, 0.1) is 17.4 Å². The van der Waals surface area contributed by atoms with Crippen LogP contribution >= 0.6 is 11.8 Å². The third-order valence-electron chi connectivity index (χ3n) is 4.21. The normalized spacial score (nSPS) is 19.2. The van der Waals surface area contributed by atoms with Gasteiger partial charge in [0, 0.05) is 22.4 Å². The van der Waals surface area contributed by atoms with E-state index in [9.17, 15) is 13.2 Å². The molecule has 3 heterocycles. The van der Waals surface area contributed by atoms with Crippen LogP contribution in [-0.4, -0.2) is 18.1 Å². The molecule has 0 aliphatic carbocycles. The summed E-state index contributed by atoms with van der Waals surface area (Å²) in [7, 11) is 0. The number of rotatable bonds is 3. The Morgan fingerprint density at radius 2 is 1.87 bits per heavy atom. The van der Waals surface area contributed by atoms with Crippen molar-refractivity contribution in [1.29, 1.82) is 0 Å². The minimum atomic E-state index is -4.38. The Balaban J connectivity index is 1.90. The molecule has 0 saturated carbocycles. The lowest BCUT2D eigenvalue weighted by molar-refractivity contribution is -0.0327. The van der Waals surface area contributed by atoms with Crippen LogP contribution in [0.25, 0.3) is 21.9 Å². The largest absolute Gasteiger partial charge is 0.464 e. The number of hydrogen-bond donors (Lipinski definition) is 1. The quantitative estimate of drug-likeness (QED) is 0.674. The van der Waals surface area contributed by atoms with Crippen LogP contribution in [0.5, 0.6) is 0 Å². The van der Waals surface area contributed by atoms with E-state index >= 15 is 0 Å². The molecule has 3 aromatic rings. The minimum absolute atomic E-state index is 0.0735.